The number of aliphatic hydroxyl groups excluding tert-OH is 1. The number of aromatic amines is 1. The number of rotatable bonds is 6. The van der Waals surface area contributed by atoms with E-state index in [4.69, 9.17) is 16.9 Å². The van der Waals surface area contributed by atoms with Crippen LogP contribution in [0, 0.1) is 11.3 Å². The highest BCUT2D eigenvalue weighted by molar-refractivity contribution is 6.32. The zero-order valence-corrected chi connectivity index (χ0v) is 16.1. The molecule has 0 spiro atoms. The molecule has 3 rings (SSSR count). The first-order valence-electron chi connectivity index (χ1n) is 8.65. The fourth-order valence-corrected chi connectivity index (χ4v) is 2.98. The lowest BCUT2D eigenvalue weighted by atomic mass is 10.1. The molecule has 1 aromatic carbocycles. The molecular formula is C19H19ClN6O2. The Balaban J connectivity index is 1.70. The molecule has 0 aliphatic heterocycles. The molecule has 0 aliphatic rings. The van der Waals surface area contributed by atoms with E-state index >= 15 is 0 Å². The van der Waals surface area contributed by atoms with E-state index in [9.17, 15) is 9.90 Å². The molecule has 0 fully saturated rings. The lowest BCUT2D eigenvalue weighted by molar-refractivity contribution is 0.0931. The number of hydrogen-bond donors (Lipinski definition) is 3. The summed E-state index contributed by atoms with van der Waals surface area (Å²) in [5.74, 6) is -0.342. The minimum absolute atomic E-state index is 0.210. The van der Waals surface area contributed by atoms with Crippen molar-refractivity contribution >= 4 is 17.5 Å². The van der Waals surface area contributed by atoms with Crippen molar-refractivity contribution in [2.45, 2.75) is 32.5 Å². The normalized spacial score (nSPS) is 13.0. The summed E-state index contributed by atoms with van der Waals surface area (Å²) in [6, 6.07) is 10.4. The molecule has 144 valence electrons. The van der Waals surface area contributed by atoms with Gasteiger partial charge in [0, 0.05) is 17.8 Å². The fraction of sp³-hybridized carbons (Fsp3) is 0.263. The van der Waals surface area contributed by atoms with Gasteiger partial charge in [-0.2, -0.15) is 15.5 Å². The molecule has 9 heteroatoms. The van der Waals surface area contributed by atoms with E-state index in [2.05, 4.69) is 20.6 Å². The molecule has 0 saturated heterocycles. The first-order chi connectivity index (χ1) is 13.4. The van der Waals surface area contributed by atoms with Crippen LogP contribution in [-0.2, 0) is 6.54 Å². The number of benzene rings is 1. The Morgan fingerprint density at radius 2 is 2.18 bits per heavy atom. The zero-order chi connectivity index (χ0) is 20.3. The lowest BCUT2D eigenvalue weighted by Crippen LogP contribution is -2.36. The van der Waals surface area contributed by atoms with Crippen LogP contribution < -0.4 is 5.32 Å². The number of halogens is 1. The van der Waals surface area contributed by atoms with Crippen LogP contribution in [-0.4, -0.2) is 37.0 Å². The van der Waals surface area contributed by atoms with Gasteiger partial charge in [0.15, 0.2) is 0 Å². The Morgan fingerprint density at radius 1 is 1.39 bits per heavy atom. The van der Waals surface area contributed by atoms with Gasteiger partial charge in [0.1, 0.15) is 11.8 Å². The maximum absolute atomic E-state index is 12.3. The first kappa shape index (κ1) is 19.6. The van der Waals surface area contributed by atoms with Crippen molar-refractivity contribution in [2.24, 2.45) is 0 Å². The van der Waals surface area contributed by atoms with Gasteiger partial charge in [-0.3, -0.25) is 14.6 Å². The molecule has 0 radical (unpaired) electrons. The number of hydrogen-bond acceptors (Lipinski definition) is 5. The van der Waals surface area contributed by atoms with Crippen LogP contribution in [0.3, 0.4) is 0 Å². The van der Waals surface area contributed by atoms with E-state index < -0.39 is 6.10 Å². The van der Waals surface area contributed by atoms with E-state index in [-0.39, 0.29) is 17.6 Å². The molecule has 2 heterocycles. The van der Waals surface area contributed by atoms with Crippen LogP contribution in [0.2, 0.25) is 5.02 Å². The van der Waals surface area contributed by atoms with Crippen LogP contribution in [0.1, 0.15) is 41.7 Å². The number of nitriles is 1. The number of nitrogens with zero attached hydrogens (tertiary/aromatic N) is 4. The van der Waals surface area contributed by atoms with Crippen molar-refractivity contribution in [3.63, 3.8) is 0 Å². The molecule has 1 unspecified atom stereocenters. The van der Waals surface area contributed by atoms with E-state index in [1.54, 1.807) is 29.9 Å². The molecule has 2 atom stereocenters. The second-order valence-corrected chi connectivity index (χ2v) is 6.87. The average molecular weight is 399 g/mol. The van der Waals surface area contributed by atoms with E-state index in [0.717, 1.165) is 11.3 Å². The van der Waals surface area contributed by atoms with Crippen molar-refractivity contribution in [2.75, 3.05) is 0 Å². The molecule has 1 amide bonds. The van der Waals surface area contributed by atoms with Crippen molar-refractivity contribution in [1.29, 1.82) is 5.26 Å². The second kappa shape index (κ2) is 8.25. The van der Waals surface area contributed by atoms with Crippen LogP contribution in [0.15, 0.2) is 36.5 Å². The summed E-state index contributed by atoms with van der Waals surface area (Å²) in [5.41, 5.74) is 2.75. The van der Waals surface area contributed by atoms with E-state index in [0.29, 0.717) is 22.8 Å². The minimum Gasteiger partial charge on any atom is -0.387 e. The lowest BCUT2D eigenvalue weighted by Gasteiger charge is -2.15. The molecule has 8 nitrogen and oxygen atoms in total. The fourth-order valence-electron chi connectivity index (χ4n) is 2.76. The number of carbonyl (C=O) groups is 1. The maximum Gasteiger partial charge on any atom is 0.272 e. The van der Waals surface area contributed by atoms with E-state index in [1.807, 2.05) is 25.1 Å². The van der Waals surface area contributed by atoms with Crippen molar-refractivity contribution in [3.05, 3.63) is 58.5 Å². The molecule has 0 aliphatic carbocycles. The van der Waals surface area contributed by atoms with Gasteiger partial charge in [0.25, 0.3) is 5.91 Å². The highest BCUT2D eigenvalue weighted by atomic mass is 35.5. The number of aromatic nitrogens is 4. The molecular weight excluding hydrogens is 380 g/mol. The van der Waals surface area contributed by atoms with Crippen LogP contribution in [0.4, 0.5) is 0 Å². The quantitative estimate of drug-likeness (QED) is 0.589. The number of carbonyl (C=O) groups excluding carboxylic acids is 1. The summed E-state index contributed by atoms with van der Waals surface area (Å²) >= 11 is 6.13. The monoisotopic (exact) mass is 398 g/mol. The molecule has 2 aromatic heterocycles. The third-order valence-electron chi connectivity index (χ3n) is 4.21. The Hall–Kier alpha value is -3.15. The van der Waals surface area contributed by atoms with Crippen molar-refractivity contribution in [1.82, 2.24) is 25.3 Å². The smallest absolute Gasteiger partial charge is 0.272 e. The molecule has 3 N–H and O–H groups in total. The summed E-state index contributed by atoms with van der Waals surface area (Å²) < 4.78 is 1.76. The van der Waals surface area contributed by atoms with Gasteiger partial charge in [-0.25, -0.2) is 0 Å². The summed E-state index contributed by atoms with van der Waals surface area (Å²) in [6.07, 6.45) is 0.941. The van der Waals surface area contributed by atoms with Gasteiger partial charge in [-0.1, -0.05) is 17.7 Å². The third kappa shape index (κ3) is 4.22. The zero-order valence-electron chi connectivity index (χ0n) is 15.3. The van der Waals surface area contributed by atoms with Gasteiger partial charge >= 0.3 is 0 Å². The largest absolute Gasteiger partial charge is 0.387 e. The highest BCUT2D eigenvalue weighted by Crippen LogP contribution is 2.25. The Bertz CT molecular complexity index is 1030. The van der Waals surface area contributed by atoms with Gasteiger partial charge < -0.3 is 10.4 Å². The van der Waals surface area contributed by atoms with Crippen molar-refractivity contribution in [3.8, 4) is 17.3 Å². The summed E-state index contributed by atoms with van der Waals surface area (Å²) in [5, 5.41) is 32.6. The van der Waals surface area contributed by atoms with Crippen LogP contribution in [0.5, 0.6) is 0 Å². The number of aliphatic hydroxyl groups is 1. The molecule has 0 saturated carbocycles. The minimum atomic E-state index is -0.725. The summed E-state index contributed by atoms with van der Waals surface area (Å²) in [4.78, 5) is 12.3. The second-order valence-electron chi connectivity index (χ2n) is 6.46. The van der Waals surface area contributed by atoms with Gasteiger partial charge in [-0.05, 0) is 38.1 Å². The Kier molecular flexibility index (Phi) is 5.78. The van der Waals surface area contributed by atoms with Crippen LogP contribution in [0.25, 0.3) is 11.3 Å². The molecule has 0 bridgehead atoms. The van der Waals surface area contributed by atoms with Gasteiger partial charge in [0.05, 0.1) is 34.6 Å². The predicted octanol–water partition coefficient (Wildman–Crippen LogP) is 2.67. The molecule has 28 heavy (non-hydrogen) atoms. The van der Waals surface area contributed by atoms with Crippen molar-refractivity contribution < 1.29 is 9.90 Å². The Labute approximate surface area is 166 Å². The maximum atomic E-state index is 12.3. The number of amides is 1. The number of H-pyrrole nitrogens is 1. The summed E-state index contributed by atoms with van der Waals surface area (Å²) in [7, 11) is 0. The topological polar surface area (TPSA) is 120 Å². The predicted molar refractivity (Wildman–Crippen MR) is 104 cm³/mol. The number of nitrogens with one attached hydrogen (secondary N) is 2. The SMILES string of the molecule is CC(O)c1cc(C(=O)N[C@H](C)Cn2nccc2-c2ccc(C#N)c(Cl)c2)n[nH]1. The van der Waals surface area contributed by atoms with Gasteiger partial charge in [-0.15, -0.1) is 0 Å². The highest BCUT2D eigenvalue weighted by Gasteiger charge is 2.17. The van der Waals surface area contributed by atoms with Crippen LogP contribution >= 0.6 is 11.6 Å². The first-order valence-corrected chi connectivity index (χ1v) is 9.03. The third-order valence-corrected chi connectivity index (χ3v) is 4.52. The van der Waals surface area contributed by atoms with Gasteiger partial charge in [0.2, 0.25) is 0 Å². The molecule has 3 aromatic rings. The van der Waals surface area contributed by atoms with E-state index in [1.165, 1.54) is 6.07 Å². The summed E-state index contributed by atoms with van der Waals surface area (Å²) in [6.45, 7) is 3.88. The Morgan fingerprint density at radius 3 is 2.82 bits per heavy atom. The standard InChI is InChI=1S/C19H19ClN6O2/c1-11(23-19(28)17-8-16(12(2)27)24-25-17)10-26-18(5-6-22-26)13-3-4-14(9-21)15(20)7-13/h3-8,11-12,27H,10H2,1-2H3,(H,23,28)(H,24,25)/t11-,12?/m1/s1. The average Bonchev–Trinajstić information content (AvgIpc) is 3.31.